The average Bonchev–Trinajstić information content (AvgIpc) is 2.88. The summed E-state index contributed by atoms with van der Waals surface area (Å²) in [6, 6.07) is 30.6. The summed E-state index contributed by atoms with van der Waals surface area (Å²) in [7, 11) is 0. The van der Waals surface area contributed by atoms with Crippen molar-refractivity contribution in [3.05, 3.63) is 119 Å². The Labute approximate surface area is 207 Å². The molecule has 0 radical (unpaired) electrons. The number of hydrogen-bond acceptors (Lipinski definition) is 2. The minimum Gasteiger partial charge on any atom is -0.375 e. The van der Waals surface area contributed by atoms with Crippen molar-refractivity contribution in [1.82, 2.24) is 9.80 Å². The summed E-state index contributed by atoms with van der Waals surface area (Å²) in [5, 5.41) is 0. The number of benzene rings is 3. The van der Waals surface area contributed by atoms with Crippen LogP contribution < -0.4 is 0 Å². The molecule has 0 aliphatic rings. The van der Waals surface area contributed by atoms with Crippen LogP contribution in [0.15, 0.2) is 96.3 Å². The number of likely N-dealkylation sites (N-methyl/N-ethyl adjacent to an activating group) is 2. The summed E-state index contributed by atoms with van der Waals surface area (Å²) in [5.41, 5.74) is 7.77. The van der Waals surface area contributed by atoms with Crippen LogP contribution in [0, 0.1) is 6.92 Å². The third-order valence-electron chi connectivity index (χ3n) is 6.49. The summed E-state index contributed by atoms with van der Waals surface area (Å²) in [5.74, 6) is 0.126. The van der Waals surface area contributed by atoms with Crippen molar-refractivity contribution in [3.63, 3.8) is 0 Å². The molecule has 2 heteroatoms. The van der Waals surface area contributed by atoms with E-state index in [1.54, 1.807) is 0 Å². The van der Waals surface area contributed by atoms with Crippen LogP contribution in [-0.2, 0) is 0 Å². The molecule has 0 N–H and O–H groups in total. The number of nitrogens with zero attached hydrogens (tertiary/aromatic N) is 2. The van der Waals surface area contributed by atoms with Gasteiger partial charge in [-0.15, -0.1) is 0 Å². The molecular weight excluding hydrogens is 412 g/mol. The zero-order chi connectivity index (χ0) is 24.3. The van der Waals surface area contributed by atoms with Gasteiger partial charge in [0.1, 0.15) is 0 Å². The topological polar surface area (TPSA) is 6.48 Å². The highest BCUT2D eigenvalue weighted by molar-refractivity contribution is 5.62. The molecule has 34 heavy (non-hydrogen) atoms. The van der Waals surface area contributed by atoms with Crippen molar-refractivity contribution >= 4 is 12.2 Å². The van der Waals surface area contributed by atoms with Gasteiger partial charge in [0.05, 0.1) is 5.92 Å². The van der Waals surface area contributed by atoms with E-state index < -0.39 is 0 Å². The largest absolute Gasteiger partial charge is 0.375 e. The quantitative estimate of drug-likeness (QED) is 0.292. The molecule has 3 aromatic carbocycles. The Hall–Kier alpha value is -3.26. The highest BCUT2D eigenvalue weighted by Crippen LogP contribution is 2.38. The lowest BCUT2D eigenvalue weighted by Gasteiger charge is -2.37. The fraction of sp³-hybridized carbons (Fsp3) is 0.312. The molecule has 3 rings (SSSR count). The minimum absolute atomic E-state index is 0.126. The van der Waals surface area contributed by atoms with E-state index in [0.29, 0.717) is 0 Å². The fourth-order valence-electron chi connectivity index (χ4n) is 4.58. The first-order valence-corrected chi connectivity index (χ1v) is 12.7. The SMILES string of the molecule is CCN(CC)C(=Cc1ccccc1)C(C(=Cc1ccccc1)N(CC)CC)c1ccc(C)cc1. The second-order valence-corrected chi connectivity index (χ2v) is 8.65. The first-order chi connectivity index (χ1) is 16.6. The number of aryl methyl sites for hydroxylation is 1. The number of hydrogen-bond donors (Lipinski definition) is 0. The Balaban J connectivity index is 2.31. The summed E-state index contributed by atoms with van der Waals surface area (Å²) in [4.78, 5) is 5.03. The van der Waals surface area contributed by atoms with Gasteiger partial charge >= 0.3 is 0 Å². The maximum Gasteiger partial charge on any atom is 0.0639 e. The van der Waals surface area contributed by atoms with Crippen molar-refractivity contribution in [1.29, 1.82) is 0 Å². The van der Waals surface area contributed by atoms with Gasteiger partial charge in [-0.3, -0.25) is 0 Å². The van der Waals surface area contributed by atoms with E-state index in [0.717, 1.165) is 26.2 Å². The normalized spacial score (nSPS) is 13.0. The molecule has 0 aliphatic carbocycles. The van der Waals surface area contributed by atoms with Gasteiger partial charge in [0.25, 0.3) is 0 Å². The van der Waals surface area contributed by atoms with Crippen LogP contribution in [0.25, 0.3) is 12.2 Å². The Bertz CT molecular complexity index is 976. The molecule has 2 nitrogen and oxygen atoms in total. The molecular formula is C32H40N2. The molecule has 0 saturated carbocycles. The van der Waals surface area contributed by atoms with E-state index in [4.69, 9.17) is 0 Å². The maximum atomic E-state index is 2.51. The molecule has 0 saturated heterocycles. The fourth-order valence-corrected chi connectivity index (χ4v) is 4.58. The van der Waals surface area contributed by atoms with Crippen LogP contribution in [-0.4, -0.2) is 36.0 Å². The van der Waals surface area contributed by atoms with Gasteiger partial charge in [-0.05, 0) is 63.5 Å². The lowest BCUT2D eigenvalue weighted by Crippen LogP contribution is -2.33. The molecule has 0 aliphatic heterocycles. The van der Waals surface area contributed by atoms with E-state index in [9.17, 15) is 0 Å². The first kappa shape index (κ1) is 25.4. The molecule has 3 aromatic rings. The second kappa shape index (κ2) is 12.8. The van der Waals surface area contributed by atoms with Gasteiger partial charge in [-0.2, -0.15) is 0 Å². The molecule has 0 amide bonds. The molecule has 0 bridgehead atoms. The Morgan fingerprint density at radius 2 is 0.971 bits per heavy atom. The molecule has 0 aromatic heterocycles. The molecule has 178 valence electrons. The highest BCUT2D eigenvalue weighted by atomic mass is 15.2. The van der Waals surface area contributed by atoms with Crippen molar-refractivity contribution < 1.29 is 0 Å². The maximum absolute atomic E-state index is 2.51. The Morgan fingerprint density at radius 3 is 1.32 bits per heavy atom. The monoisotopic (exact) mass is 452 g/mol. The summed E-state index contributed by atoms with van der Waals surface area (Å²) in [6.45, 7) is 15.1. The van der Waals surface area contributed by atoms with Crippen molar-refractivity contribution in [2.24, 2.45) is 0 Å². The van der Waals surface area contributed by atoms with Crippen LogP contribution >= 0.6 is 0 Å². The van der Waals surface area contributed by atoms with Crippen LogP contribution in [0.1, 0.15) is 55.9 Å². The van der Waals surface area contributed by atoms with Crippen molar-refractivity contribution in [3.8, 4) is 0 Å². The van der Waals surface area contributed by atoms with Gasteiger partial charge in [-0.1, -0.05) is 90.5 Å². The van der Waals surface area contributed by atoms with E-state index >= 15 is 0 Å². The van der Waals surface area contributed by atoms with Gasteiger partial charge in [0.2, 0.25) is 0 Å². The zero-order valence-electron chi connectivity index (χ0n) is 21.5. The van der Waals surface area contributed by atoms with Crippen LogP contribution in [0.2, 0.25) is 0 Å². The summed E-state index contributed by atoms with van der Waals surface area (Å²) < 4.78 is 0. The van der Waals surface area contributed by atoms with Crippen LogP contribution in [0.4, 0.5) is 0 Å². The van der Waals surface area contributed by atoms with Crippen molar-refractivity contribution in [2.45, 2.75) is 40.5 Å². The van der Waals surface area contributed by atoms with Gasteiger partial charge in [0.15, 0.2) is 0 Å². The van der Waals surface area contributed by atoms with Gasteiger partial charge in [0, 0.05) is 37.6 Å². The predicted octanol–water partition coefficient (Wildman–Crippen LogP) is 7.84. The lowest BCUT2D eigenvalue weighted by molar-refractivity contribution is 0.324. The Kier molecular flexibility index (Phi) is 9.58. The molecule has 0 heterocycles. The minimum atomic E-state index is 0.126. The van der Waals surface area contributed by atoms with Crippen LogP contribution in [0.3, 0.4) is 0 Å². The first-order valence-electron chi connectivity index (χ1n) is 12.7. The molecule has 0 fully saturated rings. The van der Waals surface area contributed by atoms with E-state index in [1.807, 2.05) is 0 Å². The number of rotatable bonds is 11. The van der Waals surface area contributed by atoms with Gasteiger partial charge in [-0.25, -0.2) is 0 Å². The Morgan fingerprint density at radius 1 is 0.588 bits per heavy atom. The lowest BCUT2D eigenvalue weighted by atomic mass is 9.87. The molecule has 0 atom stereocenters. The van der Waals surface area contributed by atoms with Crippen LogP contribution in [0.5, 0.6) is 0 Å². The van der Waals surface area contributed by atoms with E-state index in [1.165, 1.54) is 33.6 Å². The molecule has 0 spiro atoms. The average molecular weight is 453 g/mol. The molecule has 0 unspecified atom stereocenters. The summed E-state index contributed by atoms with van der Waals surface area (Å²) >= 11 is 0. The standard InChI is InChI=1S/C32H40N2/c1-6-33(7-2)30(24-27-16-12-10-13-17-27)32(29-22-20-26(5)21-23-29)31(34(8-3)9-4)25-28-18-14-11-15-19-28/h10-25,32H,6-9H2,1-5H3. The third-order valence-corrected chi connectivity index (χ3v) is 6.49. The zero-order valence-corrected chi connectivity index (χ0v) is 21.5. The van der Waals surface area contributed by atoms with Gasteiger partial charge < -0.3 is 9.80 Å². The highest BCUT2D eigenvalue weighted by Gasteiger charge is 2.27. The predicted molar refractivity (Wildman–Crippen MR) is 149 cm³/mol. The summed E-state index contributed by atoms with van der Waals surface area (Å²) in [6.07, 6.45) is 4.78. The smallest absolute Gasteiger partial charge is 0.0639 e. The van der Waals surface area contributed by atoms with E-state index in [2.05, 4.69) is 141 Å². The van der Waals surface area contributed by atoms with E-state index in [-0.39, 0.29) is 5.92 Å². The second-order valence-electron chi connectivity index (χ2n) is 8.65. The third kappa shape index (κ3) is 6.41. The van der Waals surface area contributed by atoms with Crippen molar-refractivity contribution in [2.75, 3.05) is 26.2 Å².